The van der Waals surface area contributed by atoms with Gasteiger partial charge >= 0.3 is 0 Å². The monoisotopic (exact) mass is 1270 g/mol. The maximum atomic E-state index is 6.45. The summed E-state index contributed by atoms with van der Waals surface area (Å²) in [5, 5.41) is 14.2. The number of aromatic nitrogens is 6. The zero-order valence-corrected chi connectivity index (χ0v) is 53.6. The molecule has 7 nitrogen and oxygen atoms in total. The largest absolute Gasteiger partial charge is 0.436 e. The van der Waals surface area contributed by atoms with Crippen molar-refractivity contribution in [3.63, 3.8) is 0 Å². The van der Waals surface area contributed by atoms with Crippen molar-refractivity contribution in [2.45, 2.75) is 0 Å². The molecule has 0 aliphatic carbocycles. The van der Waals surface area contributed by atoms with Gasteiger partial charge in [0.15, 0.2) is 11.6 Å². The van der Waals surface area contributed by atoms with E-state index in [4.69, 9.17) is 24.4 Å². The fourth-order valence-electron chi connectivity index (χ4n) is 14.6. The Labute approximate surface area is 563 Å². The first-order chi connectivity index (χ1) is 48.1. The highest BCUT2D eigenvalue weighted by Crippen LogP contribution is 2.46. The number of nitrogens with zero attached hydrogens (tertiary/aromatic N) is 6. The van der Waals surface area contributed by atoms with Gasteiger partial charge < -0.3 is 4.42 Å². The summed E-state index contributed by atoms with van der Waals surface area (Å²) in [6.45, 7) is 0. The number of benzene rings is 14. The van der Waals surface area contributed by atoms with E-state index in [2.05, 4.69) is 300 Å². The predicted octanol–water partition coefficient (Wildman–Crippen LogP) is 24.4. The van der Waals surface area contributed by atoms with E-state index in [1.54, 1.807) is 11.3 Å². The summed E-state index contributed by atoms with van der Waals surface area (Å²) in [6, 6.07) is 112. The van der Waals surface area contributed by atoms with Crippen molar-refractivity contribution in [1.29, 1.82) is 0 Å². The summed E-state index contributed by atoms with van der Waals surface area (Å²) >= 11 is 3.56. The molecule has 0 radical (unpaired) electrons. The number of furan rings is 1. The highest BCUT2D eigenvalue weighted by atomic mass is 32.1. The fourth-order valence-corrected chi connectivity index (χ4v) is 16.8. The summed E-state index contributed by atoms with van der Waals surface area (Å²) < 4.78 is 14.8. The second kappa shape index (κ2) is 22.1. The van der Waals surface area contributed by atoms with Gasteiger partial charge in [0.25, 0.3) is 0 Å². The molecule has 0 atom stereocenters. The van der Waals surface area contributed by atoms with E-state index < -0.39 is 0 Å². The van der Waals surface area contributed by atoms with E-state index in [0.29, 0.717) is 5.71 Å². The molecule has 0 aliphatic heterocycles. The van der Waals surface area contributed by atoms with Gasteiger partial charge in [0.1, 0.15) is 32.8 Å². The van der Waals surface area contributed by atoms with Crippen LogP contribution < -0.4 is 0 Å². The van der Waals surface area contributed by atoms with Gasteiger partial charge in [0.2, 0.25) is 5.71 Å². The van der Waals surface area contributed by atoms with Gasteiger partial charge in [-0.15, -0.1) is 22.7 Å². The number of thiophene rings is 2. The van der Waals surface area contributed by atoms with Crippen molar-refractivity contribution in [3.8, 4) is 67.5 Å². The first kappa shape index (κ1) is 55.1. The SMILES string of the molecule is c1ccc(-c2cc3sc4nc(-c5ccc6c(c5)sc5ccccc56)c(-n5c6ccccc6c6cc7ccccc7cc65)nc4c3cc2-c2ccccc2)cc1.c1ccc(-c2ccc3c(c2)oc2nc(-n4c5ccccc5c5cc6ccccc6cc54)c(-c4ccccc4)nc23)cc1. The minimum atomic E-state index is 0.525. The molecule has 7 heterocycles. The first-order valence-electron chi connectivity index (χ1n) is 32.6. The van der Waals surface area contributed by atoms with Crippen molar-refractivity contribution in [2.24, 2.45) is 0 Å². The van der Waals surface area contributed by atoms with Gasteiger partial charge in [0.05, 0.1) is 22.1 Å². The average molecular weight is 1270 g/mol. The van der Waals surface area contributed by atoms with Crippen molar-refractivity contribution in [1.82, 2.24) is 29.1 Å². The lowest BCUT2D eigenvalue weighted by molar-refractivity contribution is 0.652. The minimum Gasteiger partial charge on any atom is -0.436 e. The second-order valence-electron chi connectivity index (χ2n) is 24.8. The number of fused-ring (bicyclic) bond motifs is 17. The van der Waals surface area contributed by atoms with Crippen LogP contribution in [-0.2, 0) is 0 Å². The minimum absolute atomic E-state index is 0.525. The maximum Gasteiger partial charge on any atom is 0.248 e. The summed E-state index contributed by atoms with van der Waals surface area (Å²) in [5.41, 5.74) is 18.1. The van der Waals surface area contributed by atoms with Crippen molar-refractivity contribution in [2.75, 3.05) is 0 Å². The lowest BCUT2D eigenvalue weighted by atomic mass is 9.93. The van der Waals surface area contributed by atoms with Crippen LogP contribution in [0, 0.1) is 0 Å². The lowest BCUT2D eigenvalue weighted by Crippen LogP contribution is -2.03. The van der Waals surface area contributed by atoms with Gasteiger partial charge in [0, 0.05) is 68.3 Å². The van der Waals surface area contributed by atoms with Crippen LogP contribution in [0.2, 0.25) is 0 Å². The van der Waals surface area contributed by atoms with Gasteiger partial charge in [-0.25, -0.2) is 15.0 Å². The molecule has 0 bridgehead atoms. The van der Waals surface area contributed by atoms with E-state index in [-0.39, 0.29) is 0 Å². The zero-order chi connectivity index (χ0) is 63.7. The molecule has 0 saturated carbocycles. The fraction of sp³-hybridized carbons (Fsp3) is 0. The number of hydrogen-bond donors (Lipinski definition) is 0. The van der Waals surface area contributed by atoms with Gasteiger partial charge in [-0.3, -0.25) is 9.13 Å². The van der Waals surface area contributed by atoms with Crippen LogP contribution in [0.5, 0.6) is 0 Å². The molecular formula is C88H52N6OS2. The molecule has 14 aromatic carbocycles. The number of para-hydroxylation sites is 2. The van der Waals surface area contributed by atoms with Crippen LogP contribution in [0.1, 0.15) is 0 Å². The Hall–Kier alpha value is -12.4. The molecule has 97 heavy (non-hydrogen) atoms. The quantitative estimate of drug-likeness (QED) is 0.159. The van der Waals surface area contributed by atoms with E-state index in [1.807, 2.05) is 35.6 Å². The predicted molar refractivity (Wildman–Crippen MR) is 408 cm³/mol. The molecule has 0 fully saturated rings. The Morgan fingerprint density at radius 3 is 1.36 bits per heavy atom. The van der Waals surface area contributed by atoms with Gasteiger partial charge in [-0.2, -0.15) is 4.98 Å². The van der Waals surface area contributed by atoms with E-state index in [9.17, 15) is 0 Å². The van der Waals surface area contributed by atoms with E-state index >= 15 is 0 Å². The summed E-state index contributed by atoms with van der Waals surface area (Å²) in [6.07, 6.45) is 0. The Morgan fingerprint density at radius 1 is 0.258 bits per heavy atom. The highest BCUT2D eigenvalue weighted by Gasteiger charge is 2.26. The molecule has 0 saturated heterocycles. The molecule has 0 spiro atoms. The third-order valence-corrected chi connectivity index (χ3v) is 21.4. The van der Waals surface area contributed by atoms with Crippen molar-refractivity contribution >= 4 is 151 Å². The van der Waals surface area contributed by atoms with Crippen LogP contribution in [0.4, 0.5) is 0 Å². The molecule has 0 aliphatic rings. The number of hydrogen-bond acceptors (Lipinski definition) is 7. The van der Waals surface area contributed by atoms with Crippen LogP contribution in [0.15, 0.2) is 320 Å². The van der Waals surface area contributed by atoms with Crippen molar-refractivity contribution < 1.29 is 4.42 Å². The van der Waals surface area contributed by atoms with Crippen LogP contribution >= 0.6 is 22.7 Å². The topological polar surface area (TPSA) is 74.6 Å². The molecule has 0 amide bonds. The Bertz CT molecular complexity index is 6750. The van der Waals surface area contributed by atoms with Crippen molar-refractivity contribution in [3.05, 3.63) is 315 Å². The second-order valence-corrected chi connectivity index (χ2v) is 26.9. The van der Waals surface area contributed by atoms with Crippen LogP contribution in [-0.4, -0.2) is 29.1 Å². The molecule has 21 aromatic rings. The highest BCUT2D eigenvalue weighted by molar-refractivity contribution is 7.26. The normalized spacial score (nSPS) is 11.9. The standard InChI is InChI=1S/C50H29N3S2.C38H23N3O/c1-3-13-30(14-4-1)38-28-41-46(29-39(38)31-15-5-2-6-16-31)55-50-48(41)51-49(47(52-50)34-23-24-37-36-20-10-12-22-44(36)54-45(37)27-34)53-42-21-11-9-19-35(42)40-25-32-17-7-8-18-33(32)26-43(40)53;1-3-11-24(12-4-1)28-19-20-30-34(23-28)42-38-36(30)39-35(25-13-5-2-6-14-25)37(40-38)41-32-18-10-9-17-29(32)31-21-26-15-7-8-16-27(26)22-33(31)41/h1-29H;1-23H. The molecule has 0 N–H and O–H groups in total. The molecule has 7 aromatic heterocycles. The van der Waals surface area contributed by atoms with Gasteiger partial charge in [-0.1, -0.05) is 243 Å². The molecule has 21 rings (SSSR count). The molecule has 9 heteroatoms. The first-order valence-corrected chi connectivity index (χ1v) is 34.2. The summed E-state index contributed by atoms with van der Waals surface area (Å²) in [5.74, 6) is 1.58. The number of rotatable bonds is 7. The van der Waals surface area contributed by atoms with E-state index in [1.165, 1.54) is 90.2 Å². The zero-order valence-electron chi connectivity index (χ0n) is 51.9. The molecule has 0 unspecified atom stereocenters. The third kappa shape index (κ3) is 9.01. The molecular weight excluding hydrogens is 1220 g/mol. The molecule has 452 valence electrons. The maximum absolute atomic E-state index is 6.45. The third-order valence-electron chi connectivity index (χ3n) is 19.2. The van der Waals surface area contributed by atoms with Crippen LogP contribution in [0.25, 0.3) is 195 Å². The van der Waals surface area contributed by atoms with Gasteiger partial charge in [-0.05, 0) is 128 Å². The van der Waals surface area contributed by atoms with E-state index in [0.717, 1.165) is 99.6 Å². The summed E-state index contributed by atoms with van der Waals surface area (Å²) in [4.78, 5) is 22.8. The Morgan fingerprint density at radius 2 is 0.732 bits per heavy atom. The Balaban J connectivity index is 0.000000137. The Kier molecular flexibility index (Phi) is 12.6. The smallest absolute Gasteiger partial charge is 0.248 e. The lowest BCUT2D eigenvalue weighted by Gasteiger charge is -2.14. The summed E-state index contributed by atoms with van der Waals surface area (Å²) in [7, 11) is 0. The van der Waals surface area contributed by atoms with Crippen LogP contribution in [0.3, 0.4) is 0 Å². The average Bonchev–Trinajstić information content (AvgIpc) is 1.58.